The van der Waals surface area contributed by atoms with Crippen molar-refractivity contribution in [2.75, 3.05) is 0 Å². The third-order valence-corrected chi connectivity index (χ3v) is 2.50. The summed E-state index contributed by atoms with van der Waals surface area (Å²) >= 11 is 0. The smallest absolute Gasteiger partial charge is 0.282 e. The molecule has 0 fully saturated rings. The highest BCUT2D eigenvalue weighted by atomic mass is 16.5. The van der Waals surface area contributed by atoms with Crippen LogP contribution in [-0.2, 0) is 4.79 Å². The van der Waals surface area contributed by atoms with Crippen LogP contribution >= 0.6 is 0 Å². The Hall–Kier alpha value is -1.99. The number of carbonyl (C=O) groups is 1. The minimum Gasteiger partial charge on any atom is -0.315 e. The van der Waals surface area contributed by atoms with E-state index in [1.807, 2.05) is 5.48 Å². The van der Waals surface area contributed by atoms with E-state index in [1.54, 1.807) is 18.2 Å². The molecule has 1 aromatic rings. The predicted molar refractivity (Wildman–Crippen MR) is 51.8 cm³/mol. The SMILES string of the molecule is CC1(NO)C(=O)NN=C1c1cccc[n+]1O. The third-order valence-electron chi connectivity index (χ3n) is 2.50. The Labute approximate surface area is 90.9 Å². The van der Waals surface area contributed by atoms with E-state index in [-0.39, 0.29) is 5.71 Å². The first-order valence-corrected chi connectivity index (χ1v) is 4.60. The molecule has 4 N–H and O–H groups in total. The zero-order valence-electron chi connectivity index (χ0n) is 8.51. The number of amides is 1. The first-order valence-electron chi connectivity index (χ1n) is 4.60. The molecule has 7 heteroatoms. The number of rotatable bonds is 2. The molecule has 1 aromatic heterocycles. The van der Waals surface area contributed by atoms with E-state index < -0.39 is 11.4 Å². The van der Waals surface area contributed by atoms with Gasteiger partial charge in [0.2, 0.25) is 6.20 Å². The first-order chi connectivity index (χ1) is 7.59. The lowest BCUT2D eigenvalue weighted by molar-refractivity contribution is -0.905. The van der Waals surface area contributed by atoms with Crippen LogP contribution in [0.1, 0.15) is 12.6 Å². The van der Waals surface area contributed by atoms with Gasteiger partial charge in [0.25, 0.3) is 11.6 Å². The number of hydrogen-bond donors (Lipinski definition) is 4. The maximum atomic E-state index is 11.5. The van der Waals surface area contributed by atoms with Crippen molar-refractivity contribution in [1.82, 2.24) is 10.9 Å². The normalized spacial score (nSPS) is 24.1. The van der Waals surface area contributed by atoms with E-state index in [4.69, 9.17) is 5.21 Å². The summed E-state index contributed by atoms with van der Waals surface area (Å²) in [5.41, 5.74) is 3.29. The van der Waals surface area contributed by atoms with Gasteiger partial charge in [-0.25, -0.2) is 5.43 Å². The van der Waals surface area contributed by atoms with E-state index in [0.29, 0.717) is 5.69 Å². The number of carbonyl (C=O) groups excluding carboxylic acids is 1. The number of hydroxylamine groups is 1. The summed E-state index contributed by atoms with van der Waals surface area (Å²) in [6.45, 7) is 1.46. The van der Waals surface area contributed by atoms with Crippen molar-refractivity contribution in [2.24, 2.45) is 5.10 Å². The van der Waals surface area contributed by atoms with Gasteiger partial charge in [-0.15, -0.1) is 0 Å². The minimum atomic E-state index is -1.37. The van der Waals surface area contributed by atoms with Crippen molar-refractivity contribution in [1.29, 1.82) is 0 Å². The quantitative estimate of drug-likeness (QED) is 0.287. The van der Waals surface area contributed by atoms with Gasteiger partial charge in [-0.2, -0.15) is 10.6 Å². The minimum absolute atomic E-state index is 0.211. The lowest BCUT2D eigenvalue weighted by Crippen LogP contribution is -2.56. The average molecular weight is 223 g/mol. The van der Waals surface area contributed by atoms with E-state index in [9.17, 15) is 10.0 Å². The monoisotopic (exact) mass is 223 g/mol. The molecule has 0 bridgehead atoms. The Morgan fingerprint density at radius 3 is 2.94 bits per heavy atom. The Kier molecular flexibility index (Phi) is 2.33. The van der Waals surface area contributed by atoms with Crippen molar-refractivity contribution in [3.63, 3.8) is 0 Å². The molecule has 0 spiro atoms. The second-order valence-corrected chi connectivity index (χ2v) is 3.57. The van der Waals surface area contributed by atoms with Gasteiger partial charge in [-0.1, -0.05) is 0 Å². The highest BCUT2D eigenvalue weighted by Gasteiger charge is 2.47. The fraction of sp³-hybridized carbons (Fsp3) is 0.222. The van der Waals surface area contributed by atoms with Crippen LogP contribution in [0.3, 0.4) is 0 Å². The van der Waals surface area contributed by atoms with Crippen molar-refractivity contribution in [3.8, 4) is 0 Å². The Balaban J connectivity index is 2.50. The molecule has 1 aliphatic heterocycles. The highest BCUT2D eigenvalue weighted by Crippen LogP contribution is 2.16. The van der Waals surface area contributed by atoms with Crippen molar-refractivity contribution < 1.29 is 19.9 Å². The number of pyridine rings is 1. The van der Waals surface area contributed by atoms with Gasteiger partial charge in [0.05, 0.1) is 0 Å². The van der Waals surface area contributed by atoms with E-state index in [1.165, 1.54) is 13.1 Å². The largest absolute Gasteiger partial charge is 0.315 e. The Bertz CT molecular complexity index is 474. The van der Waals surface area contributed by atoms with Crippen LogP contribution in [0.25, 0.3) is 0 Å². The molecule has 2 rings (SSSR count). The van der Waals surface area contributed by atoms with Crippen LogP contribution in [0, 0.1) is 0 Å². The second-order valence-electron chi connectivity index (χ2n) is 3.57. The molecule has 84 valence electrons. The van der Waals surface area contributed by atoms with Gasteiger partial charge in [0.15, 0.2) is 11.3 Å². The Morgan fingerprint density at radius 1 is 1.56 bits per heavy atom. The molecule has 0 saturated carbocycles. The van der Waals surface area contributed by atoms with Crippen molar-refractivity contribution in [3.05, 3.63) is 30.1 Å². The summed E-state index contributed by atoms with van der Waals surface area (Å²) in [6, 6.07) is 4.89. The van der Waals surface area contributed by atoms with Gasteiger partial charge in [0.1, 0.15) is 0 Å². The van der Waals surface area contributed by atoms with Gasteiger partial charge in [0, 0.05) is 16.9 Å². The number of nitrogens with one attached hydrogen (secondary N) is 2. The molecule has 0 aromatic carbocycles. The van der Waals surface area contributed by atoms with Crippen molar-refractivity contribution >= 4 is 11.6 Å². The molecule has 7 nitrogen and oxygen atoms in total. The molecule has 1 unspecified atom stereocenters. The lowest BCUT2D eigenvalue weighted by Gasteiger charge is -2.18. The molecule has 16 heavy (non-hydrogen) atoms. The van der Waals surface area contributed by atoms with Crippen molar-refractivity contribution in [2.45, 2.75) is 12.5 Å². The molecule has 1 aliphatic rings. The van der Waals surface area contributed by atoms with Crippen LogP contribution in [0.2, 0.25) is 0 Å². The molecule has 2 heterocycles. The van der Waals surface area contributed by atoms with E-state index in [0.717, 1.165) is 4.73 Å². The molecule has 0 aliphatic carbocycles. The molecule has 1 amide bonds. The van der Waals surface area contributed by atoms with E-state index in [2.05, 4.69) is 10.5 Å². The summed E-state index contributed by atoms with van der Waals surface area (Å²) in [4.78, 5) is 11.5. The molecular formula is C9H11N4O3+. The van der Waals surface area contributed by atoms with Gasteiger partial charge < -0.3 is 5.21 Å². The van der Waals surface area contributed by atoms with E-state index >= 15 is 0 Å². The second kappa shape index (κ2) is 3.54. The van der Waals surface area contributed by atoms with Crippen LogP contribution in [0.4, 0.5) is 0 Å². The number of hydrazone groups is 1. The fourth-order valence-electron chi connectivity index (χ4n) is 1.48. The van der Waals surface area contributed by atoms with Gasteiger partial charge >= 0.3 is 0 Å². The molecule has 0 saturated heterocycles. The Morgan fingerprint density at radius 2 is 2.31 bits per heavy atom. The maximum absolute atomic E-state index is 11.5. The summed E-state index contributed by atoms with van der Waals surface area (Å²) in [7, 11) is 0. The topological polar surface area (TPSA) is 97.8 Å². The lowest BCUT2D eigenvalue weighted by atomic mass is 9.94. The van der Waals surface area contributed by atoms with Gasteiger partial charge in [-0.05, 0) is 13.0 Å². The van der Waals surface area contributed by atoms with Crippen LogP contribution in [0.15, 0.2) is 29.5 Å². The zero-order valence-corrected chi connectivity index (χ0v) is 8.51. The summed E-state index contributed by atoms with van der Waals surface area (Å²) in [5, 5.41) is 22.4. The molecular weight excluding hydrogens is 212 g/mol. The molecule has 1 atom stereocenters. The van der Waals surface area contributed by atoms with Gasteiger partial charge in [-0.3, -0.25) is 10.0 Å². The summed E-state index contributed by atoms with van der Waals surface area (Å²) in [5.74, 6) is -0.492. The summed E-state index contributed by atoms with van der Waals surface area (Å²) in [6.07, 6.45) is 1.40. The summed E-state index contributed by atoms with van der Waals surface area (Å²) < 4.78 is 0.828. The van der Waals surface area contributed by atoms with Crippen LogP contribution < -0.4 is 15.6 Å². The predicted octanol–water partition coefficient (Wildman–Crippen LogP) is -1.22. The van der Waals surface area contributed by atoms with Crippen LogP contribution in [0.5, 0.6) is 0 Å². The fourth-order valence-corrected chi connectivity index (χ4v) is 1.48. The zero-order chi connectivity index (χ0) is 11.8. The number of nitrogens with zero attached hydrogens (tertiary/aromatic N) is 2. The standard InChI is InChI=1S/C9H10N4O3/c1-9(12-15)7(10-11-8(9)14)6-4-2-3-5-13(6)16/h2-5,12,15-16H,1H3/p+1. The van der Waals surface area contributed by atoms with Crippen LogP contribution in [-0.4, -0.2) is 27.6 Å². The average Bonchev–Trinajstić information content (AvgIpc) is 2.58. The number of aromatic nitrogens is 1. The maximum Gasteiger partial charge on any atom is 0.282 e. The first kappa shape index (κ1) is 10.5. The highest BCUT2D eigenvalue weighted by molar-refractivity contribution is 6.21. The molecule has 0 radical (unpaired) electrons. The number of hydrogen-bond acceptors (Lipinski definition) is 5. The third kappa shape index (κ3) is 1.34.